The Kier molecular flexibility index (Phi) is 2.81. The normalized spacial score (nSPS) is 30.4. The molecule has 0 radical (unpaired) electrons. The van der Waals surface area contributed by atoms with Gasteiger partial charge in [0.05, 0.1) is 18.1 Å². The molecule has 0 saturated heterocycles. The Labute approximate surface area is 149 Å². The third-order valence-electron chi connectivity index (χ3n) is 6.00. The van der Waals surface area contributed by atoms with E-state index >= 15 is 0 Å². The minimum absolute atomic E-state index is 0.133. The third-order valence-corrected chi connectivity index (χ3v) is 6.28. The van der Waals surface area contributed by atoms with E-state index in [9.17, 15) is 0 Å². The maximum absolute atomic E-state index is 6.45. The molecule has 2 aliphatic heterocycles. The molecule has 0 bridgehead atoms. The van der Waals surface area contributed by atoms with E-state index in [-0.39, 0.29) is 6.17 Å². The summed E-state index contributed by atoms with van der Waals surface area (Å²) in [5.74, 6) is 2.78. The van der Waals surface area contributed by atoms with Crippen molar-refractivity contribution in [3.8, 4) is 0 Å². The second-order valence-corrected chi connectivity index (χ2v) is 7.83. The fourth-order valence-corrected chi connectivity index (χ4v) is 4.90. The lowest BCUT2D eigenvalue weighted by atomic mass is 9.80. The van der Waals surface area contributed by atoms with Crippen LogP contribution in [0.15, 0.2) is 17.5 Å². The van der Waals surface area contributed by atoms with Crippen LogP contribution in [0.3, 0.4) is 0 Å². The van der Waals surface area contributed by atoms with E-state index in [1.165, 1.54) is 32.1 Å². The Hall–Kier alpha value is -2.09. The molecule has 3 unspecified atom stereocenters. The van der Waals surface area contributed by atoms with E-state index in [4.69, 9.17) is 11.6 Å². The maximum Gasteiger partial charge on any atom is 0.252 e. The van der Waals surface area contributed by atoms with Crippen LogP contribution in [0, 0.1) is 5.92 Å². The highest BCUT2D eigenvalue weighted by molar-refractivity contribution is 6.28. The quantitative estimate of drug-likeness (QED) is 0.846. The lowest BCUT2D eigenvalue weighted by Gasteiger charge is -2.45. The largest absolute Gasteiger partial charge is 0.298 e. The zero-order valence-corrected chi connectivity index (χ0v) is 14.5. The number of nitrogens with zero attached hydrogens (tertiary/aromatic N) is 7. The first kappa shape index (κ1) is 14.1. The number of nitrogens with one attached hydrogen (secondary N) is 1. The van der Waals surface area contributed by atoms with E-state index < -0.39 is 0 Å². The Morgan fingerprint density at radius 2 is 2.04 bits per heavy atom. The molecule has 2 aromatic heterocycles. The van der Waals surface area contributed by atoms with Crippen LogP contribution in [0.25, 0.3) is 0 Å². The number of imidazole rings is 1. The van der Waals surface area contributed by atoms with Crippen molar-refractivity contribution >= 4 is 23.4 Å². The van der Waals surface area contributed by atoms with Gasteiger partial charge in [0.15, 0.2) is 0 Å². The Bertz CT molecular complexity index is 865. The molecule has 6 rings (SSSR count). The highest BCUT2D eigenvalue weighted by Crippen LogP contribution is 2.47. The van der Waals surface area contributed by atoms with Crippen molar-refractivity contribution in [2.45, 2.75) is 56.7 Å². The predicted molar refractivity (Wildman–Crippen MR) is 92.5 cm³/mol. The van der Waals surface area contributed by atoms with Gasteiger partial charge >= 0.3 is 0 Å². The standard InChI is InChI=1S/C16H19ClN8/c17-15-18-7-13-24(15)12-4-2-1-3-10(12)14-20-21-16(25(13)14)23-8-11(19-22-23)9-5-6-9/h7-10,12,14,20H,1-6H2. The van der Waals surface area contributed by atoms with Crippen molar-refractivity contribution in [1.29, 1.82) is 0 Å². The minimum atomic E-state index is 0.133. The van der Waals surface area contributed by atoms with Crippen molar-refractivity contribution in [3.05, 3.63) is 23.4 Å². The second-order valence-electron chi connectivity index (χ2n) is 7.49. The van der Waals surface area contributed by atoms with E-state index in [2.05, 4.69) is 35.3 Å². The van der Waals surface area contributed by atoms with Crippen LogP contribution >= 0.6 is 11.6 Å². The number of anilines is 1. The molecule has 0 aromatic carbocycles. The summed E-state index contributed by atoms with van der Waals surface area (Å²) in [5, 5.41) is 13.8. The number of aromatic nitrogens is 5. The van der Waals surface area contributed by atoms with Crippen LogP contribution in [0.5, 0.6) is 0 Å². The van der Waals surface area contributed by atoms with Crippen molar-refractivity contribution < 1.29 is 0 Å². The minimum Gasteiger partial charge on any atom is -0.298 e. The van der Waals surface area contributed by atoms with Gasteiger partial charge in [-0.15, -0.1) is 10.2 Å². The van der Waals surface area contributed by atoms with Crippen molar-refractivity contribution in [2.75, 3.05) is 4.90 Å². The molecule has 130 valence electrons. The van der Waals surface area contributed by atoms with Crippen LogP contribution in [-0.4, -0.2) is 36.7 Å². The Morgan fingerprint density at radius 1 is 1.16 bits per heavy atom. The number of halogens is 1. The third kappa shape index (κ3) is 1.94. The number of hydrogen-bond donors (Lipinski definition) is 1. The SMILES string of the molecule is Clc1ncc2n1C1CCCCC1C1NN=C(n3cc(C4CC4)nn3)N21. The first-order chi connectivity index (χ1) is 12.3. The van der Waals surface area contributed by atoms with Gasteiger partial charge in [0, 0.05) is 17.9 Å². The molecule has 4 heterocycles. The molecule has 2 fully saturated rings. The summed E-state index contributed by atoms with van der Waals surface area (Å²) in [4.78, 5) is 6.57. The van der Waals surface area contributed by atoms with Gasteiger partial charge in [-0.25, -0.2) is 4.98 Å². The smallest absolute Gasteiger partial charge is 0.252 e. The maximum atomic E-state index is 6.45. The van der Waals surface area contributed by atoms with Crippen LogP contribution in [0.4, 0.5) is 5.82 Å². The molecule has 25 heavy (non-hydrogen) atoms. The van der Waals surface area contributed by atoms with Crippen LogP contribution in [0.1, 0.15) is 56.2 Å². The van der Waals surface area contributed by atoms with E-state index in [1.807, 2.05) is 12.4 Å². The Balaban J connectivity index is 1.44. The van der Waals surface area contributed by atoms with Crippen LogP contribution in [0.2, 0.25) is 5.28 Å². The van der Waals surface area contributed by atoms with Gasteiger partial charge in [-0.05, 0) is 37.3 Å². The van der Waals surface area contributed by atoms with Gasteiger partial charge < -0.3 is 0 Å². The fraction of sp³-hybridized carbons (Fsp3) is 0.625. The summed E-state index contributed by atoms with van der Waals surface area (Å²) >= 11 is 6.45. The topological polar surface area (TPSA) is 76.2 Å². The van der Waals surface area contributed by atoms with Gasteiger partial charge in [0.1, 0.15) is 12.0 Å². The lowest BCUT2D eigenvalue weighted by molar-refractivity contribution is 0.176. The van der Waals surface area contributed by atoms with Crippen LogP contribution < -0.4 is 10.3 Å². The molecule has 2 aromatic rings. The zero-order chi connectivity index (χ0) is 16.5. The molecule has 3 atom stereocenters. The van der Waals surface area contributed by atoms with Gasteiger partial charge in [-0.3, -0.25) is 14.9 Å². The number of fused-ring (bicyclic) bond motifs is 6. The lowest BCUT2D eigenvalue weighted by Crippen LogP contribution is -2.54. The highest BCUT2D eigenvalue weighted by atomic mass is 35.5. The van der Waals surface area contributed by atoms with E-state index in [0.29, 0.717) is 23.2 Å². The number of hydrogen-bond acceptors (Lipinski definition) is 6. The van der Waals surface area contributed by atoms with E-state index in [1.54, 1.807) is 4.68 Å². The van der Waals surface area contributed by atoms with Gasteiger partial charge in [-0.2, -0.15) is 4.68 Å². The monoisotopic (exact) mass is 358 g/mol. The average Bonchev–Trinajstić information content (AvgIpc) is 3.06. The van der Waals surface area contributed by atoms with Crippen molar-refractivity contribution in [3.63, 3.8) is 0 Å². The molecule has 4 aliphatic rings. The van der Waals surface area contributed by atoms with Crippen molar-refractivity contribution in [1.82, 2.24) is 30.0 Å². The molecule has 9 heteroatoms. The summed E-state index contributed by atoms with van der Waals surface area (Å²) < 4.78 is 3.97. The van der Waals surface area contributed by atoms with Gasteiger partial charge in [-0.1, -0.05) is 18.1 Å². The molecular formula is C16H19ClN8. The number of hydrazone groups is 1. The second kappa shape index (κ2) is 4.97. The molecule has 8 nitrogen and oxygen atoms in total. The summed E-state index contributed by atoms with van der Waals surface area (Å²) in [6.07, 6.45) is 11.2. The highest BCUT2D eigenvalue weighted by Gasteiger charge is 2.48. The summed E-state index contributed by atoms with van der Waals surface area (Å²) in [6.45, 7) is 0. The molecule has 2 saturated carbocycles. The summed E-state index contributed by atoms with van der Waals surface area (Å²) in [6, 6.07) is 0.389. The summed E-state index contributed by atoms with van der Waals surface area (Å²) in [7, 11) is 0. The molecule has 1 N–H and O–H groups in total. The molecule has 2 aliphatic carbocycles. The van der Waals surface area contributed by atoms with Crippen LogP contribution in [-0.2, 0) is 0 Å². The Morgan fingerprint density at radius 3 is 2.92 bits per heavy atom. The van der Waals surface area contributed by atoms with Gasteiger partial charge in [0.25, 0.3) is 5.96 Å². The predicted octanol–water partition coefficient (Wildman–Crippen LogP) is 2.31. The molecule has 0 amide bonds. The zero-order valence-electron chi connectivity index (χ0n) is 13.7. The summed E-state index contributed by atoms with van der Waals surface area (Å²) in [5.41, 5.74) is 4.41. The fourth-order valence-electron chi connectivity index (χ4n) is 4.64. The first-order valence-corrected chi connectivity index (χ1v) is 9.47. The van der Waals surface area contributed by atoms with Gasteiger partial charge in [0.2, 0.25) is 5.28 Å². The molecule has 0 spiro atoms. The first-order valence-electron chi connectivity index (χ1n) is 9.09. The van der Waals surface area contributed by atoms with E-state index in [0.717, 1.165) is 23.9 Å². The average molecular weight is 359 g/mol. The number of rotatable bonds is 1. The van der Waals surface area contributed by atoms with Crippen molar-refractivity contribution in [2.24, 2.45) is 11.0 Å². The molecular weight excluding hydrogens is 340 g/mol.